The van der Waals surface area contributed by atoms with Crippen molar-refractivity contribution < 1.29 is 9.53 Å². The van der Waals surface area contributed by atoms with Gasteiger partial charge in [0, 0.05) is 24.7 Å². The number of nitrogens with one attached hydrogen (secondary N) is 1. The van der Waals surface area contributed by atoms with Gasteiger partial charge in [0.2, 0.25) is 11.8 Å². The predicted octanol–water partition coefficient (Wildman–Crippen LogP) is 2.85. The third-order valence-corrected chi connectivity index (χ3v) is 2.70. The lowest BCUT2D eigenvalue weighted by atomic mass is 10.1. The van der Waals surface area contributed by atoms with Crippen LogP contribution in [0.2, 0.25) is 0 Å². The summed E-state index contributed by atoms with van der Waals surface area (Å²) < 4.78 is 5.80. The van der Waals surface area contributed by atoms with Crippen LogP contribution in [-0.4, -0.2) is 10.9 Å². The molecule has 0 bridgehead atoms. The lowest BCUT2D eigenvalue weighted by Crippen LogP contribution is -2.09. The highest BCUT2D eigenvalue weighted by Gasteiger charge is 2.12. The number of carbonyl (C=O) groups excluding carboxylic acids is 1. The molecule has 1 aromatic carbocycles. The molecule has 5 nitrogen and oxygen atoms in total. The van der Waals surface area contributed by atoms with Gasteiger partial charge in [-0.3, -0.25) is 4.79 Å². The van der Waals surface area contributed by atoms with Crippen LogP contribution in [0.3, 0.4) is 0 Å². The number of nitrogens with zero attached hydrogens (tertiary/aromatic N) is 1. The average Bonchev–Trinajstić information content (AvgIpc) is 2.41. The highest BCUT2D eigenvalue weighted by Crippen LogP contribution is 2.31. The molecule has 1 aromatic heterocycles. The Bertz CT molecular complexity index is 612. The number of rotatable bonds is 4. The van der Waals surface area contributed by atoms with E-state index in [2.05, 4.69) is 10.3 Å². The van der Waals surface area contributed by atoms with Gasteiger partial charge in [0.25, 0.3) is 0 Å². The smallest absolute Gasteiger partial charge is 0.224 e. The number of hydrogen-bond donors (Lipinski definition) is 2. The molecular formula is C15H17N3O2. The Labute approximate surface area is 117 Å². The maximum Gasteiger partial charge on any atom is 0.224 e. The van der Waals surface area contributed by atoms with Crippen LogP contribution in [0.15, 0.2) is 42.6 Å². The third kappa shape index (κ3) is 3.33. The van der Waals surface area contributed by atoms with E-state index in [0.717, 1.165) is 5.56 Å². The van der Waals surface area contributed by atoms with Crippen LogP contribution >= 0.6 is 0 Å². The average molecular weight is 271 g/mol. The minimum atomic E-state index is -0.188. The van der Waals surface area contributed by atoms with Crippen molar-refractivity contribution in [2.75, 3.05) is 5.32 Å². The molecule has 20 heavy (non-hydrogen) atoms. The third-order valence-electron chi connectivity index (χ3n) is 2.70. The van der Waals surface area contributed by atoms with Crippen molar-refractivity contribution in [3.05, 3.63) is 48.2 Å². The van der Waals surface area contributed by atoms with Gasteiger partial charge in [0.05, 0.1) is 5.69 Å². The second kappa shape index (κ2) is 6.16. The molecular weight excluding hydrogens is 254 g/mol. The van der Waals surface area contributed by atoms with Gasteiger partial charge in [-0.2, -0.15) is 0 Å². The normalized spacial score (nSPS) is 11.8. The van der Waals surface area contributed by atoms with Crippen molar-refractivity contribution in [1.29, 1.82) is 0 Å². The maximum absolute atomic E-state index is 11.2. The summed E-state index contributed by atoms with van der Waals surface area (Å²) >= 11 is 0. The number of anilines is 1. The first kappa shape index (κ1) is 14.0. The Morgan fingerprint density at radius 1 is 1.30 bits per heavy atom. The zero-order valence-electron chi connectivity index (χ0n) is 11.5. The monoisotopic (exact) mass is 271 g/mol. The second-order valence-electron chi connectivity index (χ2n) is 4.47. The van der Waals surface area contributed by atoms with Crippen molar-refractivity contribution in [1.82, 2.24) is 4.98 Å². The zero-order chi connectivity index (χ0) is 14.5. The van der Waals surface area contributed by atoms with Crippen molar-refractivity contribution in [2.24, 2.45) is 5.73 Å². The molecule has 2 rings (SSSR count). The second-order valence-corrected chi connectivity index (χ2v) is 4.47. The first-order chi connectivity index (χ1) is 9.58. The Morgan fingerprint density at radius 3 is 2.75 bits per heavy atom. The van der Waals surface area contributed by atoms with E-state index in [1.165, 1.54) is 6.92 Å². The molecule has 0 aliphatic heterocycles. The van der Waals surface area contributed by atoms with Crippen molar-refractivity contribution in [3.63, 3.8) is 0 Å². The van der Waals surface area contributed by atoms with Crippen molar-refractivity contribution in [2.45, 2.75) is 19.9 Å². The van der Waals surface area contributed by atoms with Gasteiger partial charge in [-0.15, -0.1) is 0 Å². The fourth-order valence-corrected chi connectivity index (χ4v) is 1.79. The molecule has 3 N–H and O–H groups in total. The van der Waals surface area contributed by atoms with E-state index in [0.29, 0.717) is 17.3 Å². The number of nitrogens with two attached hydrogens (primary N) is 1. The van der Waals surface area contributed by atoms with E-state index in [-0.39, 0.29) is 11.9 Å². The topological polar surface area (TPSA) is 77.2 Å². The van der Waals surface area contributed by atoms with Gasteiger partial charge in [0.1, 0.15) is 0 Å². The minimum Gasteiger partial charge on any atom is -0.436 e. The van der Waals surface area contributed by atoms with Crippen LogP contribution in [0.25, 0.3) is 0 Å². The van der Waals surface area contributed by atoms with Crippen molar-refractivity contribution in [3.8, 4) is 11.6 Å². The number of carbonyl (C=O) groups is 1. The van der Waals surface area contributed by atoms with Crippen LogP contribution in [0.4, 0.5) is 5.69 Å². The lowest BCUT2D eigenvalue weighted by molar-refractivity contribution is -0.114. The summed E-state index contributed by atoms with van der Waals surface area (Å²) in [5.41, 5.74) is 7.31. The standard InChI is InChI=1S/C15H17N3O2/c1-10(16)12-6-5-9-17-15(12)20-14-8-4-3-7-13(14)18-11(2)19/h3-10H,16H2,1-2H3,(H,18,19). The van der Waals surface area contributed by atoms with Gasteiger partial charge in [-0.25, -0.2) is 4.98 Å². The summed E-state index contributed by atoms with van der Waals surface area (Å²) in [6, 6.07) is 10.7. The van der Waals surface area contributed by atoms with Crippen LogP contribution in [-0.2, 0) is 4.79 Å². The van der Waals surface area contributed by atoms with Crippen LogP contribution in [0.5, 0.6) is 11.6 Å². The van der Waals surface area contributed by atoms with Gasteiger partial charge in [0.15, 0.2) is 5.75 Å². The fraction of sp³-hybridized carbons (Fsp3) is 0.200. The molecule has 1 atom stereocenters. The van der Waals surface area contributed by atoms with Gasteiger partial charge in [-0.05, 0) is 25.1 Å². The minimum absolute atomic E-state index is 0.158. The molecule has 1 amide bonds. The van der Waals surface area contributed by atoms with E-state index in [1.54, 1.807) is 18.3 Å². The molecule has 0 spiro atoms. The highest BCUT2D eigenvalue weighted by atomic mass is 16.5. The summed E-state index contributed by atoms with van der Waals surface area (Å²) in [6.07, 6.45) is 1.64. The maximum atomic E-state index is 11.2. The molecule has 5 heteroatoms. The fourth-order valence-electron chi connectivity index (χ4n) is 1.79. The van der Waals surface area contributed by atoms with Gasteiger partial charge >= 0.3 is 0 Å². The number of aromatic nitrogens is 1. The van der Waals surface area contributed by atoms with Crippen LogP contribution in [0.1, 0.15) is 25.5 Å². The quantitative estimate of drug-likeness (QED) is 0.896. The molecule has 2 aromatic rings. The molecule has 0 aliphatic carbocycles. The SMILES string of the molecule is CC(=O)Nc1ccccc1Oc1ncccc1C(C)N. The molecule has 0 saturated carbocycles. The number of para-hydroxylation sites is 2. The van der Waals surface area contributed by atoms with E-state index in [9.17, 15) is 4.79 Å². The van der Waals surface area contributed by atoms with Crippen molar-refractivity contribution >= 4 is 11.6 Å². The molecule has 0 radical (unpaired) electrons. The number of amides is 1. The van der Waals surface area contributed by atoms with Gasteiger partial charge < -0.3 is 15.8 Å². The summed E-state index contributed by atoms with van der Waals surface area (Å²) in [6.45, 7) is 3.31. The molecule has 0 fully saturated rings. The predicted molar refractivity (Wildman–Crippen MR) is 77.7 cm³/mol. The lowest BCUT2D eigenvalue weighted by Gasteiger charge is -2.14. The van der Waals surface area contributed by atoms with E-state index >= 15 is 0 Å². The number of benzene rings is 1. The number of hydrogen-bond acceptors (Lipinski definition) is 4. The van der Waals surface area contributed by atoms with E-state index < -0.39 is 0 Å². The molecule has 1 unspecified atom stereocenters. The Hall–Kier alpha value is -2.40. The summed E-state index contributed by atoms with van der Waals surface area (Å²) in [5.74, 6) is 0.818. The largest absolute Gasteiger partial charge is 0.436 e. The van der Waals surface area contributed by atoms with Gasteiger partial charge in [-0.1, -0.05) is 18.2 Å². The first-order valence-corrected chi connectivity index (χ1v) is 6.33. The Morgan fingerprint density at radius 2 is 2.05 bits per heavy atom. The van der Waals surface area contributed by atoms with Crippen LogP contribution < -0.4 is 15.8 Å². The Balaban J connectivity index is 2.33. The van der Waals surface area contributed by atoms with Crippen LogP contribution in [0, 0.1) is 0 Å². The number of pyridine rings is 1. The Kier molecular flexibility index (Phi) is 4.32. The summed E-state index contributed by atoms with van der Waals surface area (Å²) in [4.78, 5) is 15.4. The molecule has 0 saturated heterocycles. The molecule has 104 valence electrons. The molecule has 1 heterocycles. The zero-order valence-corrected chi connectivity index (χ0v) is 11.5. The van der Waals surface area contributed by atoms with E-state index in [4.69, 9.17) is 10.5 Å². The summed E-state index contributed by atoms with van der Waals surface area (Å²) in [7, 11) is 0. The van der Waals surface area contributed by atoms with E-state index in [1.807, 2.05) is 31.2 Å². The molecule has 0 aliphatic rings. The number of ether oxygens (including phenoxy) is 1. The summed E-state index contributed by atoms with van der Waals surface area (Å²) in [5, 5.41) is 2.72. The first-order valence-electron chi connectivity index (χ1n) is 6.33. The highest BCUT2D eigenvalue weighted by molar-refractivity contribution is 5.90.